The fourth-order valence-electron chi connectivity index (χ4n) is 2.12. The first kappa shape index (κ1) is 23.4. The Kier molecular flexibility index (Phi) is 16.8. The van der Waals surface area contributed by atoms with Crippen LogP contribution in [0.4, 0.5) is 0 Å². The summed E-state index contributed by atoms with van der Waals surface area (Å²) in [4.78, 5) is -0.865. The molecule has 0 atom stereocenters. The summed E-state index contributed by atoms with van der Waals surface area (Å²) >= 11 is 0. The molecule has 0 aromatic carbocycles. The molecule has 0 amide bonds. The van der Waals surface area contributed by atoms with Crippen LogP contribution in [0.1, 0.15) is 72.1 Å². The molecule has 0 heterocycles. The smallest absolute Gasteiger partial charge is 0.142 e. The number of hydrogen-bond donors (Lipinski definition) is 2. The molecule has 0 aromatic heterocycles. The maximum absolute atomic E-state index is 9.35. The Labute approximate surface area is 137 Å². The van der Waals surface area contributed by atoms with E-state index in [1.54, 1.807) is 6.92 Å². The highest BCUT2D eigenvalue weighted by molar-refractivity contribution is 4.48. The third kappa shape index (κ3) is 18.1. The third-order valence-electron chi connectivity index (χ3n) is 3.63. The molecule has 0 aliphatic heterocycles. The first-order chi connectivity index (χ1) is 9.48. The van der Waals surface area contributed by atoms with E-state index in [-0.39, 0.29) is 12.4 Å². The van der Waals surface area contributed by atoms with Gasteiger partial charge in [0.15, 0.2) is 0 Å². The maximum Gasteiger partial charge on any atom is 0.142 e. The maximum atomic E-state index is 9.35. The van der Waals surface area contributed by atoms with Crippen LogP contribution in [0.25, 0.3) is 0 Å². The molecular weight excluding hydrogens is 290 g/mol. The molecule has 0 aromatic rings. The number of hydrogen-bond acceptors (Lipinski definition) is 3. The number of quaternary nitrogens is 1. The molecule has 21 heavy (non-hydrogen) atoms. The molecule has 130 valence electrons. The quantitative estimate of drug-likeness (QED) is 0.288. The highest BCUT2D eigenvalue weighted by atomic mass is 35.5. The second kappa shape index (κ2) is 15.0. The van der Waals surface area contributed by atoms with Gasteiger partial charge in [-0.15, -0.1) is 0 Å². The summed E-state index contributed by atoms with van der Waals surface area (Å²) in [6.07, 6.45) is 9.48. The molecule has 2 N–H and O–H groups in total. The minimum Gasteiger partial charge on any atom is -1.00 e. The van der Waals surface area contributed by atoms with E-state index >= 15 is 0 Å². The number of halogens is 1. The van der Waals surface area contributed by atoms with Gasteiger partial charge in [-0.2, -0.15) is 10.4 Å². The number of rotatable bonds is 14. The summed E-state index contributed by atoms with van der Waals surface area (Å²) in [6, 6.07) is 0. The minimum absolute atomic E-state index is 0. The van der Waals surface area contributed by atoms with Gasteiger partial charge in [0.05, 0.1) is 0 Å². The van der Waals surface area contributed by atoms with E-state index in [9.17, 15) is 10.4 Å². The molecule has 0 fully saturated rings. The van der Waals surface area contributed by atoms with Crippen molar-refractivity contribution in [1.29, 1.82) is 0 Å². The summed E-state index contributed by atoms with van der Waals surface area (Å²) in [5.74, 6) is 0.834. The van der Waals surface area contributed by atoms with Crippen LogP contribution in [-0.2, 0) is 4.74 Å². The van der Waals surface area contributed by atoms with Crippen LogP contribution < -0.4 is 12.4 Å². The third-order valence-corrected chi connectivity index (χ3v) is 3.63. The fourth-order valence-corrected chi connectivity index (χ4v) is 2.12. The predicted octanol–water partition coefficient (Wildman–Crippen LogP) is 1.40. The van der Waals surface area contributed by atoms with Crippen molar-refractivity contribution in [1.82, 2.24) is 0 Å². The number of hydroxylamine groups is 4. The predicted molar refractivity (Wildman–Crippen MR) is 81.8 cm³/mol. The van der Waals surface area contributed by atoms with Crippen LogP contribution in [0.2, 0.25) is 0 Å². The lowest BCUT2D eigenvalue weighted by atomic mass is 10.0. The normalized spacial score (nSPS) is 11.7. The average molecular weight is 326 g/mol. The summed E-state index contributed by atoms with van der Waals surface area (Å²) < 4.78 is 5.56. The molecule has 0 saturated carbocycles. The van der Waals surface area contributed by atoms with Crippen molar-refractivity contribution in [2.45, 2.75) is 72.1 Å². The topological polar surface area (TPSA) is 49.7 Å². The van der Waals surface area contributed by atoms with Gasteiger partial charge < -0.3 is 17.1 Å². The number of nitrogens with zero attached hydrogens (tertiary/aromatic N) is 1. The van der Waals surface area contributed by atoms with Gasteiger partial charge in [-0.1, -0.05) is 46.0 Å². The van der Waals surface area contributed by atoms with E-state index in [1.807, 2.05) is 0 Å². The van der Waals surface area contributed by atoms with Crippen molar-refractivity contribution in [3.63, 3.8) is 0 Å². The van der Waals surface area contributed by atoms with E-state index in [4.69, 9.17) is 4.74 Å². The zero-order chi connectivity index (χ0) is 15.3. The zero-order valence-corrected chi connectivity index (χ0v) is 14.9. The molecule has 0 unspecified atom stereocenters. The summed E-state index contributed by atoms with van der Waals surface area (Å²) in [7, 11) is 0. The number of ether oxygens (including phenoxy) is 1. The summed E-state index contributed by atoms with van der Waals surface area (Å²) in [5.41, 5.74) is 0. The second-order valence-electron chi connectivity index (χ2n) is 6.19. The van der Waals surface area contributed by atoms with Gasteiger partial charge in [0.25, 0.3) is 0 Å². The van der Waals surface area contributed by atoms with Crippen LogP contribution in [0.3, 0.4) is 0 Å². The monoisotopic (exact) mass is 325 g/mol. The lowest BCUT2D eigenvalue weighted by Gasteiger charge is -2.18. The molecule has 0 radical (unpaired) electrons. The first-order valence-corrected chi connectivity index (χ1v) is 8.38. The van der Waals surface area contributed by atoms with Gasteiger partial charge in [0, 0.05) is 19.6 Å². The van der Waals surface area contributed by atoms with Gasteiger partial charge >= 0.3 is 0 Å². The molecule has 0 saturated heterocycles. The fraction of sp³-hybridized carbons (Fsp3) is 1.00. The second-order valence-corrected chi connectivity index (χ2v) is 6.19. The lowest BCUT2D eigenvalue weighted by molar-refractivity contribution is -1.24. The van der Waals surface area contributed by atoms with Crippen molar-refractivity contribution in [3.05, 3.63) is 0 Å². The molecular formula is C16H36ClNO3. The summed E-state index contributed by atoms with van der Waals surface area (Å²) in [5, 5.41) is 18.7. The minimum atomic E-state index is -0.865. The Morgan fingerprint density at radius 3 is 1.95 bits per heavy atom. The molecule has 0 aliphatic rings. The molecule has 0 spiro atoms. The molecule has 4 nitrogen and oxygen atoms in total. The van der Waals surface area contributed by atoms with Crippen LogP contribution in [0.5, 0.6) is 0 Å². The van der Waals surface area contributed by atoms with Gasteiger partial charge in [0.1, 0.15) is 13.1 Å². The van der Waals surface area contributed by atoms with Crippen LogP contribution in [-0.4, -0.2) is 41.5 Å². The van der Waals surface area contributed by atoms with Gasteiger partial charge in [0.2, 0.25) is 0 Å². The summed E-state index contributed by atoms with van der Waals surface area (Å²) in [6.45, 7) is 8.62. The lowest BCUT2D eigenvalue weighted by Crippen LogP contribution is -3.00. The van der Waals surface area contributed by atoms with Crippen LogP contribution in [0, 0.1) is 5.92 Å². The van der Waals surface area contributed by atoms with Crippen molar-refractivity contribution >= 4 is 0 Å². The SMILES string of the molecule is CC[N+](O)(O)CCCCOCCCCCCCC(C)C.[Cl-]. The average Bonchev–Trinajstić information content (AvgIpc) is 2.39. The van der Waals surface area contributed by atoms with Crippen LogP contribution in [0.15, 0.2) is 0 Å². The van der Waals surface area contributed by atoms with Crippen LogP contribution >= 0.6 is 0 Å². The standard InChI is InChI=1S/C16H36NO3.ClH/c1-4-17(18,19)13-9-11-15-20-14-10-7-5-6-8-12-16(2)3;/h16,18-19H,4-15H2,1-3H3;1H/q+1;/p-1. The highest BCUT2D eigenvalue weighted by Crippen LogP contribution is 2.10. The molecule has 0 bridgehead atoms. The van der Waals surface area contributed by atoms with Crippen molar-refractivity contribution in [3.8, 4) is 0 Å². The van der Waals surface area contributed by atoms with Crippen molar-refractivity contribution < 1.29 is 32.4 Å². The Hall–Kier alpha value is 0.130. The van der Waals surface area contributed by atoms with E-state index in [2.05, 4.69) is 13.8 Å². The van der Waals surface area contributed by atoms with E-state index in [0.29, 0.717) is 13.1 Å². The Morgan fingerprint density at radius 1 is 0.857 bits per heavy atom. The Morgan fingerprint density at radius 2 is 1.38 bits per heavy atom. The largest absolute Gasteiger partial charge is 1.00 e. The van der Waals surface area contributed by atoms with E-state index in [0.717, 1.165) is 38.4 Å². The Bertz CT molecular complexity index is 214. The van der Waals surface area contributed by atoms with E-state index < -0.39 is 4.81 Å². The molecule has 0 aliphatic carbocycles. The Balaban J connectivity index is 0. The zero-order valence-electron chi connectivity index (χ0n) is 14.2. The van der Waals surface area contributed by atoms with Crippen molar-refractivity contribution in [2.75, 3.05) is 26.3 Å². The van der Waals surface area contributed by atoms with Gasteiger partial charge in [-0.3, -0.25) is 0 Å². The van der Waals surface area contributed by atoms with Gasteiger partial charge in [-0.05, 0) is 30.5 Å². The van der Waals surface area contributed by atoms with E-state index in [1.165, 1.54) is 32.1 Å². The highest BCUT2D eigenvalue weighted by Gasteiger charge is 2.17. The molecule has 5 heteroatoms. The number of unbranched alkanes of at least 4 members (excludes halogenated alkanes) is 5. The first-order valence-electron chi connectivity index (χ1n) is 8.38. The molecule has 0 rings (SSSR count). The van der Waals surface area contributed by atoms with Crippen molar-refractivity contribution in [2.24, 2.45) is 5.92 Å². The van der Waals surface area contributed by atoms with Gasteiger partial charge in [-0.25, -0.2) is 0 Å².